The molecule has 1 unspecified atom stereocenters. The molecule has 7 nitrogen and oxygen atoms in total. The molecule has 0 aromatic rings. The Morgan fingerprint density at radius 3 is 2.07 bits per heavy atom. The van der Waals surface area contributed by atoms with E-state index in [1.807, 2.05) is 13.8 Å². The van der Waals surface area contributed by atoms with Crippen LogP contribution in [0.2, 0.25) is 0 Å². The van der Waals surface area contributed by atoms with E-state index in [9.17, 15) is 18.8 Å². The summed E-state index contributed by atoms with van der Waals surface area (Å²) in [5.74, 6) is -1.45. The van der Waals surface area contributed by atoms with E-state index in [2.05, 4.69) is 10.1 Å². The number of rotatable bonds is 4. The first-order valence-corrected chi connectivity index (χ1v) is 9.74. The van der Waals surface area contributed by atoms with Crippen LogP contribution in [0.25, 0.3) is 0 Å². The highest BCUT2D eigenvalue weighted by atomic mass is 19.1. The first kappa shape index (κ1) is 26.1. The van der Waals surface area contributed by atoms with Crippen LogP contribution in [0.5, 0.6) is 0 Å². The number of alkyl halides is 1. The summed E-state index contributed by atoms with van der Waals surface area (Å²) in [5, 5.41) is 2.53. The number of carbonyl (C=O) groups is 3. The number of nitrogens with one attached hydrogen (secondary N) is 1. The molecule has 1 saturated heterocycles. The van der Waals surface area contributed by atoms with Crippen LogP contribution in [0.4, 0.5) is 9.18 Å². The molecule has 1 heterocycles. The molecule has 1 aliphatic heterocycles. The van der Waals surface area contributed by atoms with Gasteiger partial charge in [-0.1, -0.05) is 34.6 Å². The second kappa shape index (κ2) is 10.6. The summed E-state index contributed by atoms with van der Waals surface area (Å²) in [6, 6.07) is -1.79. The molecule has 0 spiro atoms. The zero-order valence-electron chi connectivity index (χ0n) is 18.7. The number of nitrogens with zero attached hydrogens (tertiary/aromatic N) is 1. The largest absolute Gasteiger partial charge is 0.458 e. The van der Waals surface area contributed by atoms with E-state index in [0.29, 0.717) is 0 Å². The second-order valence-corrected chi connectivity index (χ2v) is 8.73. The second-order valence-electron chi connectivity index (χ2n) is 8.73. The first-order valence-electron chi connectivity index (χ1n) is 9.74. The lowest BCUT2D eigenvalue weighted by Gasteiger charge is -2.35. The monoisotopic (exact) mass is 404 g/mol. The maximum Gasteiger partial charge on any atom is 0.407 e. The number of hydrogen-bond acceptors (Lipinski definition) is 5. The Hall–Kier alpha value is -1.86. The Morgan fingerprint density at radius 1 is 1.14 bits per heavy atom. The van der Waals surface area contributed by atoms with Crippen molar-refractivity contribution in [3.63, 3.8) is 0 Å². The predicted molar refractivity (Wildman–Crippen MR) is 106 cm³/mol. The maximum absolute atomic E-state index is 13.2. The van der Waals surface area contributed by atoms with Gasteiger partial charge in [0, 0.05) is 12.5 Å². The summed E-state index contributed by atoms with van der Waals surface area (Å²) in [7, 11) is 1.21. The van der Waals surface area contributed by atoms with Crippen molar-refractivity contribution in [2.24, 2.45) is 11.3 Å². The van der Waals surface area contributed by atoms with Crippen LogP contribution in [0.3, 0.4) is 0 Å². The topological polar surface area (TPSA) is 84.9 Å². The van der Waals surface area contributed by atoms with Crippen molar-refractivity contribution in [3.8, 4) is 0 Å². The van der Waals surface area contributed by atoms with Crippen LogP contribution in [0.15, 0.2) is 0 Å². The summed E-state index contributed by atoms with van der Waals surface area (Å²) >= 11 is 0. The van der Waals surface area contributed by atoms with Gasteiger partial charge in [0.05, 0.1) is 13.8 Å². The molecule has 8 heteroatoms. The molecule has 0 aromatic carbocycles. The molecule has 0 bridgehead atoms. The zero-order valence-corrected chi connectivity index (χ0v) is 18.7. The van der Waals surface area contributed by atoms with Crippen molar-refractivity contribution in [3.05, 3.63) is 0 Å². The zero-order chi connectivity index (χ0) is 22.3. The molecule has 0 aromatic heterocycles. The van der Waals surface area contributed by atoms with Crippen molar-refractivity contribution >= 4 is 18.0 Å². The molecule has 2 amide bonds. The molecule has 28 heavy (non-hydrogen) atoms. The molecule has 0 aliphatic carbocycles. The average molecular weight is 405 g/mol. The summed E-state index contributed by atoms with van der Waals surface area (Å²) in [6.45, 7) is 14.0. The normalized spacial score (nSPS) is 20.6. The van der Waals surface area contributed by atoms with E-state index >= 15 is 0 Å². The summed E-state index contributed by atoms with van der Waals surface area (Å²) < 4.78 is 23.2. The highest BCUT2D eigenvalue weighted by Gasteiger charge is 2.46. The fourth-order valence-electron chi connectivity index (χ4n) is 2.86. The third-order valence-electron chi connectivity index (χ3n) is 4.13. The van der Waals surface area contributed by atoms with E-state index in [4.69, 9.17) is 4.74 Å². The van der Waals surface area contributed by atoms with Gasteiger partial charge < -0.3 is 19.7 Å². The van der Waals surface area contributed by atoms with Gasteiger partial charge >= 0.3 is 12.1 Å². The van der Waals surface area contributed by atoms with Gasteiger partial charge in [-0.3, -0.25) is 9.18 Å². The molecule has 3 atom stereocenters. The molecule has 0 saturated carbocycles. The summed E-state index contributed by atoms with van der Waals surface area (Å²) in [5.41, 5.74) is -1.34. The minimum absolute atomic E-state index is 0.106. The fraction of sp³-hybridized carbons (Fsp3) is 0.850. The number of likely N-dealkylation sites (tertiary alicyclic amines) is 1. The third kappa shape index (κ3) is 7.64. The number of carbonyl (C=O) groups excluding carboxylic acids is 3. The number of esters is 1. The SMILES string of the molecule is CC.COC(=O)NC(C(=O)N1C[C@H](CF)C[C@@H]1C(=O)OC(C)(C)C)C(C)(C)C. The van der Waals surface area contributed by atoms with Gasteiger partial charge in [-0.2, -0.15) is 0 Å². The van der Waals surface area contributed by atoms with Crippen molar-refractivity contribution in [1.29, 1.82) is 0 Å². The van der Waals surface area contributed by atoms with Crippen LogP contribution in [0, 0.1) is 11.3 Å². The van der Waals surface area contributed by atoms with E-state index < -0.39 is 53.7 Å². The van der Waals surface area contributed by atoms with Crippen molar-refractivity contribution in [2.45, 2.75) is 79.5 Å². The molecule has 1 aliphatic rings. The van der Waals surface area contributed by atoms with Gasteiger partial charge in [-0.25, -0.2) is 9.59 Å². The molecular weight excluding hydrogens is 367 g/mol. The smallest absolute Gasteiger partial charge is 0.407 e. The molecule has 1 N–H and O–H groups in total. The van der Waals surface area contributed by atoms with E-state index in [-0.39, 0.29) is 13.0 Å². The quantitative estimate of drug-likeness (QED) is 0.727. The lowest BCUT2D eigenvalue weighted by atomic mass is 9.85. The Morgan fingerprint density at radius 2 is 1.68 bits per heavy atom. The number of ether oxygens (including phenoxy) is 2. The minimum Gasteiger partial charge on any atom is -0.458 e. The van der Waals surface area contributed by atoms with Gasteiger partial charge in [-0.15, -0.1) is 0 Å². The van der Waals surface area contributed by atoms with E-state index in [0.717, 1.165) is 0 Å². The van der Waals surface area contributed by atoms with Gasteiger partial charge in [0.15, 0.2) is 0 Å². The molecular formula is C20H37FN2O5. The third-order valence-corrected chi connectivity index (χ3v) is 4.13. The lowest BCUT2D eigenvalue weighted by molar-refractivity contribution is -0.164. The van der Waals surface area contributed by atoms with Gasteiger partial charge in [0.25, 0.3) is 0 Å². The molecule has 1 fully saturated rings. The molecule has 164 valence electrons. The summed E-state index contributed by atoms with van der Waals surface area (Å²) in [6.07, 6.45) is -0.542. The highest BCUT2D eigenvalue weighted by molar-refractivity contribution is 5.91. The Balaban J connectivity index is 0.00000352. The van der Waals surface area contributed by atoms with Crippen LogP contribution in [-0.4, -0.2) is 60.9 Å². The van der Waals surface area contributed by atoms with Gasteiger partial charge in [-0.05, 0) is 32.6 Å². The summed E-state index contributed by atoms with van der Waals surface area (Å²) in [4.78, 5) is 38.6. The standard InChI is InChI=1S/C18H31FN2O5.C2H6/c1-17(2,3)13(20-16(24)25-7)14(22)21-10-11(9-19)8-12(21)15(23)26-18(4,5)6;1-2/h11-13H,8-10H2,1-7H3,(H,20,24);1-2H3/t11-,12+,13?;/m0./s1. The average Bonchev–Trinajstić information content (AvgIpc) is 3.02. The van der Waals surface area contributed by atoms with Crippen LogP contribution in [-0.2, 0) is 19.1 Å². The van der Waals surface area contributed by atoms with Crippen LogP contribution in [0.1, 0.15) is 61.8 Å². The van der Waals surface area contributed by atoms with Crippen LogP contribution < -0.4 is 5.32 Å². The first-order chi connectivity index (χ1) is 12.8. The molecule has 1 rings (SSSR count). The Labute approximate surface area is 168 Å². The van der Waals surface area contributed by atoms with Crippen molar-refractivity contribution in [1.82, 2.24) is 10.2 Å². The van der Waals surface area contributed by atoms with Crippen LogP contribution >= 0.6 is 0 Å². The van der Waals surface area contributed by atoms with Crippen molar-refractivity contribution in [2.75, 3.05) is 20.3 Å². The van der Waals surface area contributed by atoms with E-state index in [1.54, 1.807) is 41.5 Å². The number of amides is 2. The minimum atomic E-state index is -0.918. The Bertz CT molecular complexity index is 540. The Kier molecular flexibility index (Phi) is 9.92. The molecule has 0 radical (unpaired) electrons. The van der Waals surface area contributed by atoms with Crippen molar-refractivity contribution < 1.29 is 28.2 Å². The van der Waals surface area contributed by atoms with E-state index in [1.165, 1.54) is 12.0 Å². The highest BCUT2D eigenvalue weighted by Crippen LogP contribution is 2.30. The fourth-order valence-corrected chi connectivity index (χ4v) is 2.86. The number of halogens is 1. The maximum atomic E-state index is 13.2. The predicted octanol–water partition coefficient (Wildman–Crippen LogP) is 3.31. The lowest BCUT2D eigenvalue weighted by Crippen LogP contribution is -2.57. The number of hydrogen-bond donors (Lipinski definition) is 1. The number of methoxy groups -OCH3 is 1. The number of alkyl carbamates (subject to hydrolysis) is 1. The van der Waals surface area contributed by atoms with Gasteiger partial charge in [0.1, 0.15) is 17.7 Å². The van der Waals surface area contributed by atoms with Gasteiger partial charge in [0.2, 0.25) is 5.91 Å².